The van der Waals surface area contributed by atoms with Gasteiger partial charge in [-0.25, -0.2) is 12.8 Å². The average Bonchev–Trinajstić information content (AvgIpc) is 2.67. The lowest BCUT2D eigenvalue weighted by Crippen LogP contribution is -2.30. The maximum Gasteiger partial charge on any atom is 0.295 e. The van der Waals surface area contributed by atoms with Gasteiger partial charge in [-0.15, -0.1) is 0 Å². The van der Waals surface area contributed by atoms with Crippen LogP contribution in [0.5, 0.6) is 0 Å². The molecule has 8 nitrogen and oxygen atoms in total. The minimum atomic E-state index is -3.84. The van der Waals surface area contributed by atoms with E-state index in [4.69, 9.17) is 0 Å². The van der Waals surface area contributed by atoms with Crippen molar-refractivity contribution in [2.75, 3.05) is 18.5 Å². The molecule has 0 aliphatic rings. The number of nitrogens with zero attached hydrogens (tertiary/aromatic N) is 3. The van der Waals surface area contributed by atoms with Crippen LogP contribution in [0.25, 0.3) is 0 Å². The van der Waals surface area contributed by atoms with E-state index >= 15 is 0 Å². The van der Waals surface area contributed by atoms with E-state index in [2.05, 4.69) is 10.5 Å². The van der Waals surface area contributed by atoms with Crippen molar-refractivity contribution in [2.45, 2.75) is 25.7 Å². The number of nitrogens with one attached hydrogen (secondary N) is 1. The second-order valence-corrected chi connectivity index (χ2v) is 7.75. The number of halogens is 1. The van der Waals surface area contributed by atoms with Crippen LogP contribution in [0.2, 0.25) is 0 Å². The first-order valence-electron chi connectivity index (χ1n) is 8.56. The molecule has 0 saturated heterocycles. The van der Waals surface area contributed by atoms with Crippen LogP contribution in [-0.2, 0) is 10.0 Å². The van der Waals surface area contributed by atoms with Gasteiger partial charge < -0.3 is 0 Å². The summed E-state index contributed by atoms with van der Waals surface area (Å²) in [4.78, 5) is 10.6. The highest BCUT2D eigenvalue weighted by Crippen LogP contribution is 2.29. The topological polar surface area (TPSA) is 105 Å². The van der Waals surface area contributed by atoms with Crippen molar-refractivity contribution in [1.82, 2.24) is 4.31 Å². The van der Waals surface area contributed by atoms with Gasteiger partial charge in [-0.2, -0.15) is 9.41 Å². The average molecular weight is 408 g/mol. The normalized spacial score (nSPS) is 12.2. The molecular weight excluding hydrogens is 387 g/mol. The molecule has 0 aromatic heterocycles. The summed E-state index contributed by atoms with van der Waals surface area (Å²) in [5.41, 5.74) is 2.61. The van der Waals surface area contributed by atoms with Crippen LogP contribution in [0, 0.1) is 15.9 Å². The molecule has 0 spiro atoms. The third-order valence-corrected chi connectivity index (χ3v) is 6.16. The summed E-state index contributed by atoms with van der Waals surface area (Å²) in [6, 6.07) is 9.54. The Balaban J connectivity index is 2.40. The molecule has 0 saturated carbocycles. The zero-order valence-electron chi connectivity index (χ0n) is 15.7. The fourth-order valence-corrected chi connectivity index (χ4v) is 4.07. The fraction of sp³-hybridized carbons (Fsp3) is 0.278. The summed E-state index contributed by atoms with van der Waals surface area (Å²) in [5.74, 6) is -0.472. The predicted octanol–water partition coefficient (Wildman–Crippen LogP) is 3.60. The highest BCUT2D eigenvalue weighted by Gasteiger charge is 2.25. The zero-order valence-corrected chi connectivity index (χ0v) is 16.5. The van der Waals surface area contributed by atoms with Gasteiger partial charge in [0.2, 0.25) is 10.0 Å². The Kier molecular flexibility index (Phi) is 6.81. The largest absolute Gasteiger partial charge is 0.295 e. The number of nitro benzene ring substituents is 1. The Morgan fingerprint density at radius 2 is 1.86 bits per heavy atom. The van der Waals surface area contributed by atoms with Crippen LogP contribution in [0.4, 0.5) is 15.8 Å². The molecule has 10 heteroatoms. The Morgan fingerprint density at radius 1 is 1.21 bits per heavy atom. The standard InChI is InChI=1S/C18H21FN4O4S/c1-4-22(5-2)28(26,27)14-10-11-17(18(12-14)23(24)25)21-20-13(3)15-8-6-7-9-16(15)19/h6-12,21H,4-5H2,1-3H3. The number of anilines is 1. The first-order chi connectivity index (χ1) is 13.2. The molecule has 1 N–H and O–H groups in total. The van der Waals surface area contributed by atoms with E-state index in [0.717, 1.165) is 6.07 Å². The summed E-state index contributed by atoms with van der Waals surface area (Å²) in [6.07, 6.45) is 0. The fourth-order valence-electron chi connectivity index (χ4n) is 2.59. The highest BCUT2D eigenvalue weighted by atomic mass is 32.2. The molecule has 0 aliphatic heterocycles. The summed E-state index contributed by atoms with van der Waals surface area (Å²) < 4.78 is 40.2. The third-order valence-electron chi connectivity index (χ3n) is 4.12. The van der Waals surface area contributed by atoms with E-state index in [1.54, 1.807) is 32.9 Å². The molecule has 2 aromatic carbocycles. The quantitative estimate of drug-likeness (QED) is 0.408. The number of hydrazone groups is 1. The van der Waals surface area contributed by atoms with Crippen molar-refractivity contribution in [3.63, 3.8) is 0 Å². The van der Waals surface area contributed by atoms with Gasteiger partial charge in [-0.1, -0.05) is 32.0 Å². The van der Waals surface area contributed by atoms with E-state index in [9.17, 15) is 22.9 Å². The second-order valence-electron chi connectivity index (χ2n) is 5.81. The number of nitro groups is 1. The lowest BCUT2D eigenvalue weighted by Gasteiger charge is -2.18. The highest BCUT2D eigenvalue weighted by molar-refractivity contribution is 7.89. The Bertz CT molecular complexity index is 1000. The van der Waals surface area contributed by atoms with Gasteiger partial charge in [0.1, 0.15) is 11.5 Å². The molecule has 0 unspecified atom stereocenters. The van der Waals surface area contributed by atoms with Gasteiger partial charge >= 0.3 is 0 Å². The number of hydrogen-bond acceptors (Lipinski definition) is 6. The van der Waals surface area contributed by atoms with Gasteiger partial charge in [0.05, 0.1) is 15.5 Å². The molecule has 2 rings (SSSR count). The van der Waals surface area contributed by atoms with Crippen molar-refractivity contribution in [3.8, 4) is 0 Å². The SMILES string of the molecule is CCN(CC)S(=O)(=O)c1ccc(NN=C(C)c2ccccc2F)c([N+](=O)[O-])c1. The van der Waals surface area contributed by atoms with Crippen molar-refractivity contribution >= 4 is 27.1 Å². The van der Waals surface area contributed by atoms with Crippen LogP contribution in [0.3, 0.4) is 0 Å². The zero-order chi connectivity index (χ0) is 20.9. The van der Waals surface area contributed by atoms with Crippen molar-refractivity contribution in [2.24, 2.45) is 5.10 Å². The van der Waals surface area contributed by atoms with Gasteiger partial charge in [0.25, 0.3) is 5.69 Å². The monoisotopic (exact) mass is 408 g/mol. The van der Waals surface area contributed by atoms with Gasteiger partial charge in [-0.3, -0.25) is 15.5 Å². The van der Waals surface area contributed by atoms with Crippen molar-refractivity contribution in [1.29, 1.82) is 0 Å². The molecule has 28 heavy (non-hydrogen) atoms. The molecule has 150 valence electrons. The van der Waals surface area contributed by atoms with Gasteiger partial charge in [0.15, 0.2) is 0 Å². The maximum atomic E-state index is 13.8. The number of benzene rings is 2. The van der Waals surface area contributed by atoms with Crippen molar-refractivity contribution in [3.05, 3.63) is 64.0 Å². The Morgan fingerprint density at radius 3 is 2.43 bits per heavy atom. The van der Waals surface area contributed by atoms with Crippen LogP contribution in [0.1, 0.15) is 26.3 Å². The summed E-state index contributed by atoms with van der Waals surface area (Å²) >= 11 is 0. The van der Waals surface area contributed by atoms with E-state index in [1.165, 1.54) is 28.6 Å². The van der Waals surface area contributed by atoms with Crippen LogP contribution in [-0.4, -0.2) is 36.4 Å². The molecule has 2 aromatic rings. The third kappa shape index (κ3) is 4.52. The van der Waals surface area contributed by atoms with Crippen molar-refractivity contribution < 1.29 is 17.7 Å². The van der Waals surface area contributed by atoms with E-state index in [1.807, 2.05) is 0 Å². The smallest absolute Gasteiger partial charge is 0.271 e. The number of sulfonamides is 1. The van der Waals surface area contributed by atoms with Crippen LogP contribution >= 0.6 is 0 Å². The molecule has 0 amide bonds. The number of rotatable bonds is 8. The Labute approximate surface area is 162 Å². The number of hydrogen-bond donors (Lipinski definition) is 1. The lowest BCUT2D eigenvalue weighted by atomic mass is 10.1. The molecule has 0 fully saturated rings. The lowest BCUT2D eigenvalue weighted by molar-refractivity contribution is -0.384. The first kappa shape index (κ1) is 21.5. The second kappa shape index (κ2) is 8.89. The molecule has 0 aliphatic carbocycles. The van der Waals surface area contributed by atoms with E-state index in [0.29, 0.717) is 0 Å². The van der Waals surface area contributed by atoms with Crippen LogP contribution < -0.4 is 5.43 Å². The molecule has 0 radical (unpaired) electrons. The molecule has 0 heterocycles. The van der Waals surface area contributed by atoms with E-state index in [-0.39, 0.29) is 34.9 Å². The minimum absolute atomic E-state index is 0.000753. The molecule has 0 atom stereocenters. The summed E-state index contributed by atoms with van der Waals surface area (Å²) in [6.45, 7) is 5.42. The van der Waals surface area contributed by atoms with Crippen LogP contribution in [0.15, 0.2) is 52.5 Å². The summed E-state index contributed by atoms with van der Waals surface area (Å²) in [7, 11) is -3.84. The molecule has 0 bridgehead atoms. The predicted molar refractivity (Wildman–Crippen MR) is 105 cm³/mol. The summed E-state index contributed by atoms with van der Waals surface area (Å²) in [5, 5.41) is 15.4. The van der Waals surface area contributed by atoms with E-state index < -0.39 is 26.5 Å². The minimum Gasteiger partial charge on any atom is -0.271 e. The maximum absolute atomic E-state index is 13.8. The molecular formula is C18H21FN4O4S. The van der Waals surface area contributed by atoms with Gasteiger partial charge in [-0.05, 0) is 25.1 Å². The Hall–Kier alpha value is -2.85. The first-order valence-corrected chi connectivity index (χ1v) is 10.00. The van der Waals surface area contributed by atoms with Gasteiger partial charge in [0, 0.05) is 24.7 Å².